The number of halogens is 1. The molecule has 0 aliphatic carbocycles. The minimum absolute atomic E-state index is 0.0848. The zero-order valence-corrected chi connectivity index (χ0v) is 19.2. The maximum absolute atomic E-state index is 13.1. The van der Waals surface area contributed by atoms with Crippen LogP contribution in [0.25, 0.3) is 0 Å². The fraction of sp³-hybridized carbons (Fsp3) is 0.296. The molecule has 1 aliphatic heterocycles. The van der Waals surface area contributed by atoms with Gasteiger partial charge in [-0.25, -0.2) is 0 Å². The number of carbonyl (C=O) groups excluding carboxylic acids is 1. The van der Waals surface area contributed by atoms with Crippen LogP contribution in [0.15, 0.2) is 72.8 Å². The van der Waals surface area contributed by atoms with E-state index in [1.54, 1.807) is 0 Å². The molecule has 3 aromatic rings. The summed E-state index contributed by atoms with van der Waals surface area (Å²) in [6.45, 7) is 6.60. The second kappa shape index (κ2) is 10.7. The molecular formula is C27H29ClN2O2. The van der Waals surface area contributed by atoms with Crippen LogP contribution in [-0.2, 0) is 19.6 Å². The molecule has 1 heterocycles. The molecule has 4 rings (SSSR count). The second-order valence-corrected chi connectivity index (χ2v) is 8.62. The van der Waals surface area contributed by atoms with Crippen molar-refractivity contribution in [3.8, 4) is 5.75 Å². The fourth-order valence-electron chi connectivity index (χ4n) is 3.97. The number of amides is 1. The molecular weight excluding hydrogens is 420 g/mol. The molecule has 0 N–H and O–H groups in total. The lowest BCUT2D eigenvalue weighted by Crippen LogP contribution is -2.48. The van der Waals surface area contributed by atoms with E-state index < -0.39 is 0 Å². The largest absolute Gasteiger partial charge is 0.489 e. The van der Waals surface area contributed by atoms with E-state index in [0.717, 1.165) is 61.0 Å². The monoisotopic (exact) mass is 448 g/mol. The van der Waals surface area contributed by atoms with E-state index in [-0.39, 0.29) is 5.91 Å². The van der Waals surface area contributed by atoms with Crippen LogP contribution in [0.4, 0.5) is 0 Å². The molecule has 0 radical (unpaired) electrons. The van der Waals surface area contributed by atoms with Gasteiger partial charge < -0.3 is 9.64 Å². The number of ether oxygens (including phenoxy) is 1. The van der Waals surface area contributed by atoms with E-state index >= 15 is 0 Å². The van der Waals surface area contributed by atoms with Crippen molar-refractivity contribution in [2.24, 2.45) is 0 Å². The van der Waals surface area contributed by atoms with Crippen molar-refractivity contribution < 1.29 is 9.53 Å². The third kappa shape index (κ3) is 5.90. The molecule has 0 atom stereocenters. The number of aryl methyl sites for hydroxylation is 1. The predicted molar refractivity (Wildman–Crippen MR) is 129 cm³/mol. The van der Waals surface area contributed by atoms with Gasteiger partial charge in [-0.1, -0.05) is 54.9 Å². The Bertz CT molecular complexity index is 1040. The maximum Gasteiger partial charge on any atom is 0.253 e. The number of hydrogen-bond donors (Lipinski definition) is 0. The lowest BCUT2D eigenvalue weighted by Gasteiger charge is -2.35. The van der Waals surface area contributed by atoms with Gasteiger partial charge in [0.25, 0.3) is 5.91 Å². The lowest BCUT2D eigenvalue weighted by atomic mass is 10.1. The van der Waals surface area contributed by atoms with E-state index in [2.05, 4.69) is 30.0 Å². The molecule has 3 aromatic carbocycles. The average Bonchev–Trinajstić information content (AvgIpc) is 2.83. The van der Waals surface area contributed by atoms with E-state index in [1.165, 1.54) is 11.1 Å². The van der Waals surface area contributed by atoms with Crippen LogP contribution >= 0.6 is 11.6 Å². The Morgan fingerprint density at radius 1 is 0.875 bits per heavy atom. The van der Waals surface area contributed by atoms with Gasteiger partial charge in [-0.05, 0) is 59.5 Å². The van der Waals surface area contributed by atoms with Crippen molar-refractivity contribution in [1.29, 1.82) is 0 Å². The minimum Gasteiger partial charge on any atom is -0.489 e. The molecule has 0 spiro atoms. The molecule has 5 heteroatoms. The van der Waals surface area contributed by atoms with E-state index in [1.807, 2.05) is 59.5 Å². The highest BCUT2D eigenvalue weighted by Gasteiger charge is 2.22. The van der Waals surface area contributed by atoms with Crippen LogP contribution in [-0.4, -0.2) is 41.9 Å². The number of benzene rings is 3. The van der Waals surface area contributed by atoms with Gasteiger partial charge in [-0.15, -0.1) is 0 Å². The summed E-state index contributed by atoms with van der Waals surface area (Å²) >= 11 is 6.10. The Morgan fingerprint density at radius 2 is 1.59 bits per heavy atom. The molecule has 32 heavy (non-hydrogen) atoms. The third-order valence-corrected chi connectivity index (χ3v) is 6.10. The van der Waals surface area contributed by atoms with E-state index in [4.69, 9.17) is 16.3 Å². The molecule has 0 aromatic heterocycles. The zero-order chi connectivity index (χ0) is 22.3. The van der Waals surface area contributed by atoms with Gasteiger partial charge in [0.15, 0.2) is 0 Å². The quantitative estimate of drug-likeness (QED) is 0.482. The normalized spacial score (nSPS) is 14.4. The van der Waals surface area contributed by atoms with Crippen molar-refractivity contribution in [3.63, 3.8) is 0 Å². The molecule has 4 nitrogen and oxygen atoms in total. The Kier molecular flexibility index (Phi) is 7.46. The summed E-state index contributed by atoms with van der Waals surface area (Å²) in [4.78, 5) is 17.4. The van der Waals surface area contributed by atoms with Gasteiger partial charge in [0.05, 0.1) is 0 Å². The van der Waals surface area contributed by atoms with Crippen molar-refractivity contribution in [1.82, 2.24) is 9.80 Å². The smallest absolute Gasteiger partial charge is 0.253 e. The Morgan fingerprint density at radius 3 is 2.31 bits per heavy atom. The standard InChI is InChI=1S/C27H29ClN2O2/c1-2-21-9-11-26(12-10-21)32-20-23-6-3-7-24(17-23)27(31)30-15-13-29(14-16-30)19-22-5-4-8-25(28)18-22/h3-12,17-18H,2,13-16,19-20H2,1H3. The van der Waals surface area contributed by atoms with Gasteiger partial charge in [-0.3, -0.25) is 9.69 Å². The molecule has 1 aliphatic rings. The summed E-state index contributed by atoms with van der Waals surface area (Å²) in [6, 6.07) is 23.9. The number of hydrogen-bond acceptors (Lipinski definition) is 3. The first-order valence-electron chi connectivity index (χ1n) is 11.2. The number of piperazine rings is 1. The Labute approximate surface area is 195 Å². The van der Waals surface area contributed by atoms with Gasteiger partial charge >= 0.3 is 0 Å². The second-order valence-electron chi connectivity index (χ2n) is 8.18. The van der Waals surface area contributed by atoms with Crippen molar-refractivity contribution in [2.45, 2.75) is 26.5 Å². The highest BCUT2D eigenvalue weighted by molar-refractivity contribution is 6.30. The van der Waals surface area contributed by atoms with Crippen LogP contribution in [0.2, 0.25) is 5.02 Å². The number of nitrogens with zero attached hydrogens (tertiary/aromatic N) is 2. The molecule has 1 saturated heterocycles. The molecule has 0 bridgehead atoms. The van der Waals surface area contributed by atoms with Crippen LogP contribution in [0, 0.1) is 0 Å². The van der Waals surface area contributed by atoms with Crippen LogP contribution in [0.5, 0.6) is 5.75 Å². The summed E-state index contributed by atoms with van der Waals surface area (Å²) in [5, 5.41) is 0.762. The first-order valence-corrected chi connectivity index (χ1v) is 11.6. The summed E-state index contributed by atoms with van der Waals surface area (Å²) in [6.07, 6.45) is 1.01. The number of carbonyl (C=O) groups is 1. The molecule has 1 amide bonds. The van der Waals surface area contributed by atoms with E-state index in [0.29, 0.717) is 6.61 Å². The van der Waals surface area contributed by atoms with Crippen molar-refractivity contribution >= 4 is 17.5 Å². The minimum atomic E-state index is 0.0848. The van der Waals surface area contributed by atoms with Crippen molar-refractivity contribution in [2.75, 3.05) is 26.2 Å². The summed E-state index contributed by atoms with van der Waals surface area (Å²) in [7, 11) is 0. The Balaban J connectivity index is 1.30. The fourth-order valence-corrected chi connectivity index (χ4v) is 4.18. The first kappa shape index (κ1) is 22.4. The van der Waals surface area contributed by atoms with Crippen LogP contribution in [0.1, 0.15) is 34.0 Å². The molecule has 1 fully saturated rings. The van der Waals surface area contributed by atoms with E-state index in [9.17, 15) is 4.79 Å². The van der Waals surface area contributed by atoms with Crippen molar-refractivity contribution in [3.05, 3.63) is 100 Å². The van der Waals surface area contributed by atoms with Gasteiger partial charge in [0.1, 0.15) is 12.4 Å². The molecule has 0 unspecified atom stereocenters. The SMILES string of the molecule is CCc1ccc(OCc2cccc(C(=O)N3CCN(Cc4cccc(Cl)c4)CC3)c2)cc1. The predicted octanol–water partition coefficient (Wildman–Crippen LogP) is 5.44. The molecule has 0 saturated carbocycles. The summed E-state index contributed by atoms with van der Waals surface area (Å²) in [5.41, 5.74) is 4.21. The maximum atomic E-state index is 13.1. The lowest BCUT2D eigenvalue weighted by molar-refractivity contribution is 0.0628. The van der Waals surface area contributed by atoms with Crippen LogP contribution < -0.4 is 4.74 Å². The third-order valence-electron chi connectivity index (χ3n) is 5.87. The first-order chi connectivity index (χ1) is 15.6. The average molecular weight is 449 g/mol. The topological polar surface area (TPSA) is 32.8 Å². The zero-order valence-electron chi connectivity index (χ0n) is 18.5. The van der Waals surface area contributed by atoms with Gasteiger partial charge in [0, 0.05) is 43.3 Å². The molecule has 166 valence electrons. The summed E-state index contributed by atoms with van der Waals surface area (Å²) < 4.78 is 5.91. The van der Waals surface area contributed by atoms with Gasteiger partial charge in [0.2, 0.25) is 0 Å². The van der Waals surface area contributed by atoms with Crippen LogP contribution in [0.3, 0.4) is 0 Å². The van der Waals surface area contributed by atoms with Gasteiger partial charge in [-0.2, -0.15) is 0 Å². The Hall–Kier alpha value is -2.82. The highest BCUT2D eigenvalue weighted by atomic mass is 35.5. The number of rotatable bonds is 7. The summed E-state index contributed by atoms with van der Waals surface area (Å²) in [5.74, 6) is 0.927. The highest BCUT2D eigenvalue weighted by Crippen LogP contribution is 2.17.